The van der Waals surface area contributed by atoms with Gasteiger partial charge >= 0.3 is 0 Å². The zero-order chi connectivity index (χ0) is 12.1. The number of pyridine rings is 2. The summed E-state index contributed by atoms with van der Waals surface area (Å²) in [5.41, 5.74) is 1.39. The number of fused-ring (bicyclic) bond motifs is 3. The molecule has 0 aromatic carbocycles. The lowest BCUT2D eigenvalue weighted by atomic mass is 10.0. The Morgan fingerprint density at radius 3 is 3.11 bits per heavy atom. The minimum absolute atomic E-state index is 0.217. The van der Waals surface area contributed by atoms with Gasteiger partial charge in [0.05, 0.1) is 5.35 Å². The third kappa shape index (κ3) is 1.11. The molecule has 0 N–H and O–H groups in total. The molecule has 6 heteroatoms. The first kappa shape index (κ1) is 9.29. The molecular formula is C12H5N5O. The Kier molecular flexibility index (Phi) is 1.62. The monoisotopic (exact) mass is 235 g/mol. The molecule has 4 rings (SSSR count). The SMILES string of the molecule is O=C1C=c2nc3ncccc3cc2=C2N=NN=C12. The number of ketones is 1. The number of carbonyl (C=O) groups is 1. The Balaban J connectivity index is 2.27. The van der Waals surface area contributed by atoms with Crippen molar-refractivity contribution in [1.82, 2.24) is 9.97 Å². The molecule has 1 aliphatic heterocycles. The van der Waals surface area contributed by atoms with E-state index in [1.165, 1.54) is 6.08 Å². The Bertz CT molecular complexity index is 894. The van der Waals surface area contributed by atoms with Gasteiger partial charge in [-0.2, -0.15) is 0 Å². The molecule has 0 spiro atoms. The van der Waals surface area contributed by atoms with Crippen LogP contribution in [-0.2, 0) is 4.79 Å². The fourth-order valence-electron chi connectivity index (χ4n) is 2.07. The third-order valence-electron chi connectivity index (χ3n) is 2.89. The first-order valence-electron chi connectivity index (χ1n) is 5.34. The maximum Gasteiger partial charge on any atom is 0.210 e. The van der Waals surface area contributed by atoms with Crippen molar-refractivity contribution in [1.29, 1.82) is 0 Å². The van der Waals surface area contributed by atoms with Gasteiger partial charge in [0.2, 0.25) is 5.78 Å². The minimum atomic E-state index is -0.217. The fourth-order valence-corrected chi connectivity index (χ4v) is 2.07. The van der Waals surface area contributed by atoms with Gasteiger partial charge in [-0.3, -0.25) is 4.79 Å². The van der Waals surface area contributed by atoms with E-state index < -0.39 is 0 Å². The van der Waals surface area contributed by atoms with Gasteiger partial charge in [-0.1, -0.05) is 0 Å². The number of nitrogens with zero attached hydrogens (tertiary/aromatic N) is 5. The lowest BCUT2D eigenvalue weighted by Gasteiger charge is -2.04. The van der Waals surface area contributed by atoms with Gasteiger partial charge in [-0.15, -0.1) is 10.2 Å². The normalized spacial score (nSPS) is 16.3. The lowest BCUT2D eigenvalue weighted by Crippen LogP contribution is -2.38. The summed E-state index contributed by atoms with van der Waals surface area (Å²) >= 11 is 0. The van der Waals surface area contributed by atoms with E-state index in [9.17, 15) is 4.79 Å². The summed E-state index contributed by atoms with van der Waals surface area (Å²) in [5, 5.41) is 13.4. The van der Waals surface area contributed by atoms with E-state index in [-0.39, 0.29) is 11.5 Å². The first-order chi connectivity index (χ1) is 8.83. The maximum atomic E-state index is 11.8. The molecule has 2 aromatic rings. The minimum Gasteiger partial charge on any atom is -0.287 e. The van der Waals surface area contributed by atoms with Crippen LogP contribution < -0.4 is 10.6 Å². The molecule has 0 bridgehead atoms. The van der Waals surface area contributed by atoms with E-state index in [2.05, 4.69) is 25.4 Å². The zero-order valence-corrected chi connectivity index (χ0v) is 9.03. The first-order valence-corrected chi connectivity index (χ1v) is 5.34. The number of rotatable bonds is 0. The third-order valence-corrected chi connectivity index (χ3v) is 2.89. The van der Waals surface area contributed by atoms with Gasteiger partial charge in [0.15, 0.2) is 11.4 Å². The van der Waals surface area contributed by atoms with Crippen molar-refractivity contribution < 1.29 is 4.79 Å². The molecule has 0 atom stereocenters. The largest absolute Gasteiger partial charge is 0.287 e. The molecule has 0 saturated carbocycles. The molecule has 2 aliphatic rings. The van der Waals surface area contributed by atoms with E-state index in [1.807, 2.05) is 18.2 Å². The van der Waals surface area contributed by atoms with Crippen molar-refractivity contribution in [2.45, 2.75) is 0 Å². The van der Waals surface area contributed by atoms with Crippen LogP contribution in [-0.4, -0.2) is 21.5 Å². The predicted molar refractivity (Wildman–Crippen MR) is 64.0 cm³/mol. The quantitative estimate of drug-likeness (QED) is 0.640. The van der Waals surface area contributed by atoms with Crippen LogP contribution in [0.2, 0.25) is 0 Å². The number of hydrogen-bond acceptors (Lipinski definition) is 6. The Morgan fingerprint density at radius 2 is 2.17 bits per heavy atom. The van der Waals surface area contributed by atoms with Crippen LogP contribution in [0.4, 0.5) is 0 Å². The molecule has 3 heterocycles. The van der Waals surface area contributed by atoms with Crippen molar-refractivity contribution in [3.63, 3.8) is 0 Å². The smallest absolute Gasteiger partial charge is 0.210 e. The molecular weight excluding hydrogens is 230 g/mol. The fraction of sp³-hybridized carbons (Fsp3) is 0. The molecule has 6 nitrogen and oxygen atoms in total. The second-order valence-corrected chi connectivity index (χ2v) is 3.97. The van der Waals surface area contributed by atoms with E-state index in [4.69, 9.17) is 0 Å². The van der Waals surface area contributed by atoms with Crippen LogP contribution in [0.5, 0.6) is 0 Å². The number of carbonyl (C=O) groups excluding carboxylic acids is 1. The molecule has 1 aliphatic carbocycles. The van der Waals surface area contributed by atoms with Crippen LogP contribution >= 0.6 is 0 Å². The number of aromatic nitrogens is 2. The molecule has 18 heavy (non-hydrogen) atoms. The van der Waals surface area contributed by atoms with Crippen LogP contribution in [0.15, 0.2) is 39.8 Å². The summed E-state index contributed by atoms with van der Waals surface area (Å²) < 4.78 is 0. The van der Waals surface area contributed by atoms with Crippen molar-refractivity contribution in [3.05, 3.63) is 35.0 Å². The second kappa shape index (κ2) is 3.13. The Labute approximate surface area is 100 Å². The highest BCUT2D eigenvalue weighted by Crippen LogP contribution is 2.13. The van der Waals surface area contributed by atoms with Gasteiger partial charge in [-0.25, -0.2) is 9.97 Å². The molecule has 0 fully saturated rings. The highest BCUT2D eigenvalue weighted by molar-refractivity contribution is 6.62. The van der Waals surface area contributed by atoms with Crippen LogP contribution in [0.1, 0.15) is 0 Å². The van der Waals surface area contributed by atoms with E-state index in [0.717, 1.165) is 10.6 Å². The Hall–Kier alpha value is -2.76. The number of Topliss-reactive ketones (excluding diaryl/α,β-unsaturated/α-hetero) is 1. The summed E-state index contributed by atoms with van der Waals surface area (Å²) in [7, 11) is 0. The van der Waals surface area contributed by atoms with Gasteiger partial charge in [0, 0.05) is 22.9 Å². The highest BCUT2D eigenvalue weighted by atomic mass is 16.1. The van der Waals surface area contributed by atoms with Crippen LogP contribution in [0, 0.1) is 0 Å². The highest BCUT2D eigenvalue weighted by Gasteiger charge is 2.24. The molecule has 0 radical (unpaired) electrons. The standard InChI is InChI=1S/C12H5N5O/c18-9-5-8-7(10-11(9)16-17-15-10)4-6-2-1-3-13-12(6)14-8/h1-5H. The van der Waals surface area contributed by atoms with E-state index in [0.29, 0.717) is 16.7 Å². The summed E-state index contributed by atoms with van der Waals surface area (Å²) in [6, 6.07) is 5.66. The second-order valence-electron chi connectivity index (χ2n) is 3.97. The summed E-state index contributed by atoms with van der Waals surface area (Å²) in [4.78, 5) is 20.3. The molecule has 2 aromatic heterocycles. The maximum absolute atomic E-state index is 11.8. The molecule has 0 amide bonds. The van der Waals surface area contributed by atoms with E-state index in [1.54, 1.807) is 6.20 Å². The van der Waals surface area contributed by atoms with Crippen LogP contribution in [0.25, 0.3) is 22.8 Å². The van der Waals surface area contributed by atoms with Crippen molar-refractivity contribution >= 4 is 34.3 Å². The average molecular weight is 235 g/mol. The van der Waals surface area contributed by atoms with Gasteiger partial charge < -0.3 is 0 Å². The predicted octanol–water partition coefficient (Wildman–Crippen LogP) is -0.0770. The summed E-state index contributed by atoms with van der Waals surface area (Å²) in [5.74, 6) is -0.217. The average Bonchev–Trinajstić information content (AvgIpc) is 2.87. The lowest BCUT2D eigenvalue weighted by molar-refractivity contribution is -0.107. The Morgan fingerprint density at radius 1 is 1.22 bits per heavy atom. The molecule has 84 valence electrons. The summed E-state index contributed by atoms with van der Waals surface area (Å²) in [6.07, 6.45) is 3.11. The number of hydrogen-bond donors (Lipinski definition) is 0. The van der Waals surface area contributed by atoms with E-state index >= 15 is 0 Å². The van der Waals surface area contributed by atoms with Crippen molar-refractivity contribution in [2.24, 2.45) is 15.4 Å². The van der Waals surface area contributed by atoms with Gasteiger partial charge in [-0.05, 0) is 23.4 Å². The molecule has 0 saturated heterocycles. The summed E-state index contributed by atoms with van der Waals surface area (Å²) in [6.45, 7) is 0. The molecule has 0 unspecified atom stereocenters. The van der Waals surface area contributed by atoms with Gasteiger partial charge in [0.25, 0.3) is 0 Å². The zero-order valence-electron chi connectivity index (χ0n) is 9.03. The van der Waals surface area contributed by atoms with Gasteiger partial charge in [0.1, 0.15) is 5.70 Å². The van der Waals surface area contributed by atoms with Crippen molar-refractivity contribution in [2.75, 3.05) is 0 Å². The van der Waals surface area contributed by atoms with Crippen molar-refractivity contribution in [3.8, 4) is 0 Å². The topological polar surface area (TPSA) is 79.9 Å². The van der Waals surface area contributed by atoms with Crippen LogP contribution in [0.3, 0.4) is 0 Å².